The van der Waals surface area contributed by atoms with Crippen molar-refractivity contribution < 1.29 is 9.21 Å². The molecule has 0 radical (unpaired) electrons. The maximum absolute atomic E-state index is 12.0. The molecule has 0 saturated heterocycles. The number of nitrogens with zero attached hydrogens (tertiary/aromatic N) is 1. The monoisotopic (exact) mass is 326 g/mol. The van der Waals surface area contributed by atoms with E-state index < -0.39 is 0 Å². The van der Waals surface area contributed by atoms with Gasteiger partial charge in [0.15, 0.2) is 5.43 Å². The van der Waals surface area contributed by atoms with E-state index in [1.54, 1.807) is 18.2 Å². The van der Waals surface area contributed by atoms with Gasteiger partial charge in [-0.2, -0.15) is 5.26 Å². The van der Waals surface area contributed by atoms with Crippen molar-refractivity contribution in [2.75, 3.05) is 5.32 Å². The van der Waals surface area contributed by atoms with Crippen LogP contribution in [-0.4, -0.2) is 5.91 Å². The number of rotatable bonds is 8. The highest BCUT2D eigenvalue weighted by molar-refractivity contribution is 5.93. The van der Waals surface area contributed by atoms with Crippen molar-refractivity contribution in [2.24, 2.45) is 0 Å². The van der Waals surface area contributed by atoms with Gasteiger partial charge in [0.25, 0.3) is 0 Å². The summed E-state index contributed by atoms with van der Waals surface area (Å²) in [5, 5.41) is 12.0. The van der Waals surface area contributed by atoms with Crippen LogP contribution >= 0.6 is 0 Å². The van der Waals surface area contributed by atoms with Crippen LogP contribution < -0.4 is 10.7 Å². The van der Waals surface area contributed by atoms with Crippen LogP contribution in [0.1, 0.15) is 57.6 Å². The number of hydrogen-bond acceptors (Lipinski definition) is 4. The lowest BCUT2D eigenvalue weighted by Gasteiger charge is -2.06. The van der Waals surface area contributed by atoms with Crippen LogP contribution in [-0.2, 0) is 4.79 Å². The number of fused-ring (bicyclic) bond motifs is 1. The first kappa shape index (κ1) is 17.7. The minimum Gasteiger partial charge on any atom is -0.445 e. The molecule has 1 heterocycles. The lowest BCUT2D eigenvalue weighted by Crippen LogP contribution is -2.11. The number of unbranched alkanes of at least 4 members (excludes halogenated alkanes) is 5. The van der Waals surface area contributed by atoms with E-state index >= 15 is 0 Å². The second kappa shape index (κ2) is 8.88. The van der Waals surface area contributed by atoms with Crippen molar-refractivity contribution in [3.8, 4) is 6.07 Å². The summed E-state index contributed by atoms with van der Waals surface area (Å²) in [7, 11) is 0. The smallest absolute Gasteiger partial charge is 0.224 e. The molecule has 24 heavy (non-hydrogen) atoms. The highest BCUT2D eigenvalue weighted by atomic mass is 16.3. The number of nitrogens with one attached hydrogen (secondary N) is 1. The van der Waals surface area contributed by atoms with Gasteiger partial charge in [0, 0.05) is 18.2 Å². The number of anilines is 1. The molecule has 5 heteroatoms. The maximum Gasteiger partial charge on any atom is 0.224 e. The number of hydrogen-bond donors (Lipinski definition) is 1. The molecule has 0 aliphatic heterocycles. The van der Waals surface area contributed by atoms with E-state index in [2.05, 4.69) is 12.2 Å². The predicted octanol–water partition coefficient (Wildman–Crippen LogP) is 4.35. The van der Waals surface area contributed by atoms with Crippen molar-refractivity contribution >= 4 is 22.6 Å². The fraction of sp³-hybridized carbons (Fsp3) is 0.421. The molecule has 1 aromatic heterocycles. The predicted molar refractivity (Wildman–Crippen MR) is 93.8 cm³/mol. The van der Waals surface area contributed by atoms with Gasteiger partial charge in [-0.25, -0.2) is 0 Å². The van der Waals surface area contributed by atoms with Gasteiger partial charge in [0.1, 0.15) is 11.7 Å². The maximum atomic E-state index is 12.0. The average molecular weight is 326 g/mol. The Morgan fingerprint density at radius 1 is 1.17 bits per heavy atom. The summed E-state index contributed by atoms with van der Waals surface area (Å²) in [4.78, 5) is 23.9. The Bertz CT molecular complexity index is 802. The second-order valence-corrected chi connectivity index (χ2v) is 5.86. The molecule has 0 aliphatic rings. The van der Waals surface area contributed by atoms with Gasteiger partial charge in [0.05, 0.1) is 5.39 Å². The molecule has 1 aromatic carbocycles. The van der Waals surface area contributed by atoms with Crippen molar-refractivity contribution in [3.05, 3.63) is 40.2 Å². The zero-order chi connectivity index (χ0) is 17.4. The molecule has 0 fully saturated rings. The number of carbonyl (C=O) groups excluding carboxylic acids is 1. The molecule has 1 N–H and O–H groups in total. The topological polar surface area (TPSA) is 83.1 Å². The van der Waals surface area contributed by atoms with Gasteiger partial charge in [0.2, 0.25) is 11.7 Å². The van der Waals surface area contributed by atoms with Gasteiger partial charge >= 0.3 is 0 Å². The van der Waals surface area contributed by atoms with Crippen LogP contribution in [0.3, 0.4) is 0 Å². The van der Waals surface area contributed by atoms with Crippen LogP contribution in [0.25, 0.3) is 11.0 Å². The third-order valence-electron chi connectivity index (χ3n) is 3.88. The molecule has 0 unspecified atom stereocenters. The summed E-state index contributed by atoms with van der Waals surface area (Å²) in [5.41, 5.74) is 0.614. The molecule has 1 amide bonds. The molecule has 0 aliphatic carbocycles. The molecule has 0 spiro atoms. The third-order valence-corrected chi connectivity index (χ3v) is 3.88. The van der Waals surface area contributed by atoms with Crippen molar-refractivity contribution in [1.82, 2.24) is 0 Å². The third kappa shape index (κ3) is 4.95. The Hall–Kier alpha value is -2.61. The molecule has 2 rings (SSSR count). The molecule has 0 bridgehead atoms. The van der Waals surface area contributed by atoms with Crippen molar-refractivity contribution in [1.29, 1.82) is 5.26 Å². The van der Waals surface area contributed by atoms with E-state index in [0.29, 0.717) is 23.1 Å². The van der Waals surface area contributed by atoms with Crippen LogP contribution in [0, 0.1) is 11.3 Å². The molecule has 126 valence electrons. The lowest BCUT2D eigenvalue weighted by atomic mass is 10.1. The highest BCUT2D eigenvalue weighted by Gasteiger charge is 2.07. The largest absolute Gasteiger partial charge is 0.445 e. The average Bonchev–Trinajstić information content (AvgIpc) is 2.58. The summed E-state index contributed by atoms with van der Waals surface area (Å²) in [6, 6.07) is 7.82. The zero-order valence-corrected chi connectivity index (χ0v) is 13.9. The molecule has 0 saturated carbocycles. The van der Waals surface area contributed by atoms with Crippen molar-refractivity contribution in [3.63, 3.8) is 0 Å². The van der Waals surface area contributed by atoms with Gasteiger partial charge in [-0.15, -0.1) is 0 Å². The van der Waals surface area contributed by atoms with Gasteiger partial charge in [-0.05, 0) is 24.6 Å². The number of nitriles is 1. The van der Waals surface area contributed by atoms with E-state index in [-0.39, 0.29) is 17.1 Å². The highest BCUT2D eigenvalue weighted by Crippen LogP contribution is 2.18. The molecule has 2 aromatic rings. The molecule has 0 atom stereocenters. The van der Waals surface area contributed by atoms with Crippen LogP contribution in [0.2, 0.25) is 0 Å². The van der Waals surface area contributed by atoms with E-state index in [1.165, 1.54) is 25.7 Å². The minimum atomic E-state index is -0.292. The minimum absolute atomic E-state index is 0.0210. The second-order valence-electron chi connectivity index (χ2n) is 5.86. The number of carbonyl (C=O) groups is 1. The number of benzene rings is 1. The van der Waals surface area contributed by atoms with Gasteiger partial charge in [-0.1, -0.05) is 39.0 Å². The zero-order valence-electron chi connectivity index (χ0n) is 13.9. The van der Waals surface area contributed by atoms with E-state index in [1.807, 2.05) is 6.07 Å². The van der Waals surface area contributed by atoms with E-state index in [0.717, 1.165) is 18.9 Å². The van der Waals surface area contributed by atoms with Crippen LogP contribution in [0.15, 0.2) is 33.5 Å². The standard InChI is InChI=1S/C19H22N2O3/c1-2-3-4-5-6-7-8-19(23)21-14-9-10-18-16(11-14)17(22)12-15(13-20)24-18/h9-12H,2-8H2,1H3,(H,21,23). The van der Waals surface area contributed by atoms with E-state index in [4.69, 9.17) is 9.68 Å². The SMILES string of the molecule is CCCCCCCCC(=O)Nc1ccc2oc(C#N)cc(=O)c2c1. The summed E-state index contributed by atoms with van der Waals surface area (Å²) >= 11 is 0. The molecular weight excluding hydrogens is 304 g/mol. The Kier molecular flexibility index (Phi) is 6.56. The summed E-state index contributed by atoms with van der Waals surface area (Å²) in [6.45, 7) is 2.18. The number of amides is 1. The molecule has 5 nitrogen and oxygen atoms in total. The van der Waals surface area contributed by atoms with Gasteiger partial charge < -0.3 is 9.73 Å². The fourth-order valence-corrected chi connectivity index (χ4v) is 2.58. The lowest BCUT2D eigenvalue weighted by molar-refractivity contribution is -0.116. The molecular formula is C19H22N2O3. The Labute approximate surface area is 141 Å². The Morgan fingerprint density at radius 2 is 1.92 bits per heavy atom. The Morgan fingerprint density at radius 3 is 2.67 bits per heavy atom. The first-order valence-electron chi connectivity index (χ1n) is 8.42. The first-order chi connectivity index (χ1) is 11.6. The quantitative estimate of drug-likeness (QED) is 0.731. The van der Waals surface area contributed by atoms with E-state index in [9.17, 15) is 9.59 Å². The summed E-state index contributed by atoms with van der Waals surface area (Å²) in [6.07, 6.45) is 7.27. The first-order valence-corrected chi connectivity index (χ1v) is 8.42. The summed E-state index contributed by atoms with van der Waals surface area (Å²) in [5.74, 6) is -0.0739. The van der Waals surface area contributed by atoms with Crippen LogP contribution in [0.4, 0.5) is 5.69 Å². The van der Waals surface area contributed by atoms with Gasteiger partial charge in [-0.3, -0.25) is 9.59 Å². The Balaban J connectivity index is 1.93. The van der Waals surface area contributed by atoms with Crippen LogP contribution in [0.5, 0.6) is 0 Å². The fourth-order valence-electron chi connectivity index (χ4n) is 2.58. The van der Waals surface area contributed by atoms with Crippen molar-refractivity contribution in [2.45, 2.75) is 51.9 Å². The summed E-state index contributed by atoms with van der Waals surface area (Å²) < 4.78 is 5.29. The normalized spacial score (nSPS) is 10.5.